The quantitative estimate of drug-likeness (QED) is 0.0426. The van der Waals surface area contributed by atoms with E-state index in [0.717, 1.165) is 16.7 Å². The number of aromatic amines is 2. The van der Waals surface area contributed by atoms with Crippen molar-refractivity contribution in [3.8, 4) is 12.1 Å². The number of carbonyl (C=O) groups is 2. The van der Waals surface area contributed by atoms with E-state index in [1.807, 2.05) is 32.0 Å². The average molecular weight is 941 g/mol. The summed E-state index contributed by atoms with van der Waals surface area (Å²) < 4.78 is 2.46. The van der Waals surface area contributed by atoms with E-state index in [4.69, 9.17) is 45.2 Å². The van der Waals surface area contributed by atoms with Crippen LogP contribution in [0.15, 0.2) is 85.9 Å². The van der Waals surface area contributed by atoms with Crippen molar-refractivity contribution in [3.63, 3.8) is 0 Å². The number of benzene rings is 2. The summed E-state index contributed by atoms with van der Waals surface area (Å²) in [5, 5.41) is 18.0. The number of nitrogens with one attached hydrogen (secondary N) is 2. The monoisotopic (exact) mass is 939 g/mol. The summed E-state index contributed by atoms with van der Waals surface area (Å²) in [5.41, 5.74) is 14.2. The van der Waals surface area contributed by atoms with Crippen LogP contribution >= 0.6 is 23.2 Å². The molecule has 4 aromatic heterocycles. The van der Waals surface area contributed by atoms with E-state index in [9.17, 15) is 28.8 Å². The molecular formula is C48H46BCl2N10O6. The van der Waals surface area contributed by atoms with Crippen LogP contribution in [0.3, 0.4) is 0 Å². The minimum atomic E-state index is -0.725. The van der Waals surface area contributed by atoms with Gasteiger partial charge in [-0.3, -0.25) is 38.3 Å². The highest BCUT2D eigenvalue weighted by molar-refractivity contribution is 6.29. The van der Waals surface area contributed by atoms with Crippen LogP contribution in [0.1, 0.15) is 123 Å². The number of nitrogen functional groups attached to an aromatic ring is 2. The number of hydrogen-bond donors (Lipinski definition) is 4. The number of hydrogen-bond acceptors (Lipinski definition) is 12. The van der Waals surface area contributed by atoms with Gasteiger partial charge in [-0.1, -0.05) is 68.6 Å². The van der Waals surface area contributed by atoms with Gasteiger partial charge in [-0.25, -0.2) is 19.6 Å². The summed E-state index contributed by atoms with van der Waals surface area (Å²) >= 11 is 12.0. The molecule has 0 aliphatic heterocycles. The second-order valence-electron chi connectivity index (χ2n) is 16.1. The Morgan fingerprint density at radius 1 is 0.687 bits per heavy atom. The van der Waals surface area contributed by atoms with Gasteiger partial charge in [0.2, 0.25) is 11.6 Å². The Morgan fingerprint density at radius 2 is 1.13 bits per heavy atom. The summed E-state index contributed by atoms with van der Waals surface area (Å²) in [5.74, 6) is -1.25. The van der Waals surface area contributed by atoms with E-state index in [0.29, 0.717) is 40.7 Å². The molecule has 2 aromatic carbocycles. The van der Waals surface area contributed by atoms with Gasteiger partial charge in [0.25, 0.3) is 11.1 Å². The standard InChI is InChI=1S/C24H24ClN5O3.C24H22ClN5O3.B/c2*1-13(2)20-21(22(31)17-8-14(3)7-15(9-17)5-4-6-26)30(24(33)29-23(20)32)12-16-10-18(25)28-19(27)11-16;/h7-11,13H,4-5,12H2,1-3H3,(H2,27,28)(H,29,32,33);4-5,7-11,13H,12H2,1-3H3,(H2,27,28)(H,29,32,33);/b;5-4+;. The van der Waals surface area contributed by atoms with E-state index in [1.54, 1.807) is 76.2 Å². The molecule has 6 rings (SSSR count). The number of H-pyrrole nitrogens is 2. The molecule has 6 N–H and O–H groups in total. The smallest absolute Gasteiger partial charge is 0.329 e. The van der Waals surface area contributed by atoms with Crippen molar-refractivity contribution in [2.45, 2.75) is 79.3 Å². The fourth-order valence-corrected chi connectivity index (χ4v) is 7.99. The third kappa shape index (κ3) is 12.8. The van der Waals surface area contributed by atoms with Crippen LogP contribution in [0.5, 0.6) is 0 Å². The van der Waals surface area contributed by atoms with E-state index in [1.165, 1.54) is 21.3 Å². The molecule has 341 valence electrons. The first-order chi connectivity index (χ1) is 31.2. The zero-order valence-electron chi connectivity index (χ0n) is 37.5. The predicted octanol–water partition coefficient (Wildman–Crippen LogP) is 6.37. The number of rotatable bonds is 13. The zero-order valence-corrected chi connectivity index (χ0v) is 39.0. The van der Waals surface area contributed by atoms with Crippen molar-refractivity contribution in [2.75, 3.05) is 11.5 Å². The van der Waals surface area contributed by atoms with Crippen LogP contribution in [-0.2, 0) is 19.5 Å². The van der Waals surface area contributed by atoms with Gasteiger partial charge >= 0.3 is 11.4 Å². The molecule has 6 aromatic rings. The SMILES string of the molecule is Cc1cc(/C=C/C#N)cc(C(=O)c2c(C(C)C)c(=O)[nH]c(=O)n2Cc2cc(N)nc(Cl)c2)c1.Cc1cc(CCC#N)cc(C(=O)c2c(C(C)C)c(=O)[nH]c(=O)n2Cc2cc(N)nc(Cl)c2)c1.[B]. The van der Waals surface area contributed by atoms with Gasteiger partial charge in [-0.15, -0.1) is 0 Å². The third-order valence-electron chi connectivity index (χ3n) is 10.1. The number of anilines is 2. The largest absolute Gasteiger partial charge is 0.384 e. The van der Waals surface area contributed by atoms with Crippen LogP contribution in [-0.4, -0.2) is 49.0 Å². The Labute approximate surface area is 397 Å². The molecule has 0 saturated carbocycles. The first kappa shape index (κ1) is 52.0. The van der Waals surface area contributed by atoms with Crippen LogP contribution in [0.25, 0.3) is 6.08 Å². The first-order valence-corrected chi connectivity index (χ1v) is 21.3. The van der Waals surface area contributed by atoms with Crippen LogP contribution in [0, 0.1) is 36.5 Å². The van der Waals surface area contributed by atoms with Gasteiger partial charge in [0, 0.05) is 43.2 Å². The molecule has 0 atom stereocenters. The number of carbonyl (C=O) groups excluding carboxylic acids is 2. The molecular weight excluding hydrogens is 894 g/mol. The summed E-state index contributed by atoms with van der Waals surface area (Å²) in [4.78, 5) is 91.1. The summed E-state index contributed by atoms with van der Waals surface area (Å²) in [6, 6.07) is 20.6. The molecule has 0 bridgehead atoms. The molecule has 0 unspecified atom stereocenters. The van der Waals surface area contributed by atoms with Crippen molar-refractivity contribution < 1.29 is 9.59 Å². The molecule has 0 fully saturated rings. The molecule has 3 radical (unpaired) electrons. The minimum Gasteiger partial charge on any atom is -0.384 e. The van der Waals surface area contributed by atoms with Crippen molar-refractivity contribution in [3.05, 3.63) is 186 Å². The first-order valence-electron chi connectivity index (χ1n) is 20.5. The van der Waals surface area contributed by atoms with Crippen molar-refractivity contribution in [2.24, 2.45) is 0 Å². The number of nitrogens with zero attached hydrogens (tertiary/aromatic N) is 6. The summed E-state index contributed by atoms with van der Waals surface area (Å²) in [6.45, 7) is 10.7. The number of pyridine rings is 2. The Morgan fingerprint density at radius 3 is 1.55 bits per heavy atom. The number of ketones is 2. The maximum atomic E-state index is 13.8. The minimum absolute atomic E-state index is 0. The van der Waals surface area contributed by atoms with Crippen LogP contribution in [0.2, 0.25) is 10.3 Å². The van der Waals surface area contributed by atoms with E-state index >= 15 is 0 Å². The predicted molar refractivity (Wildman–Crippen MR) is 260 cm³/mol. The maximum absolute atomic E-state index is 13.8. The maximum Gasteiger partial charge on any atom is 0.329 e. The van der Waals surface area contributed by atoms with Gasteiger partial charge in [-0.05, 0) is 115 Å². The molecule has 0 aliphatic carbocycles. The number of halogens is 2. The zero-order chi connectivity index (χ0) is 48.6. The highest BCUT2D eigenvalue weighted by Crippen LogP contribution is 2.24. The lowest BCUT2D eigenvalue weighted by molar-refractivity contribution is 0.101. The van der Waals surface area contributed by atoms with Gasteiger partial charge in [0.15, 0.2) is 0 Å². The molecule has 0 amide bonds. The Bertz CT molecular complexity index is 3210. The van der Waals surface area contributed by atoms with Gasteiger partial charge in [-0.2, -0.15) is 10.5 Å². The number of allylic oxidation sites excluding steroid dienone is 1. The second-order valence-corrected chi connectivity index (χ2v) is 16.9. The lowest BCUT2D eigenvalue weighted by Crippen LogP contribution is -2.38. The highest BCUT2D eigenvalue weighted by atomic mass is 35.5. The molecule has 0 spiro atoms. The van der Waals surface area contributed by atoms with Gasteiger partial charge < -0.3 is 11.5 Å². The molecule has 4 heterocycles. The number of nitriles is 2. The number of aryl methyl sites for hydroxylation is 3. The van der Waals surface area contributed by atoms with Gasteiger partial charge in [0.1, 0.15) is 33.3 Å². The summed E-state index contributed by atoms with van der Waals surface area (Å²) in [6.07, 6.45) is 3.70. The Kier molecular flexibility index (Phi) is 17.5. The average Bonchev–Trinajstić information content (AvgIpc) is 3.22. The van der Waals surface area contributed by atoms with Crippen molar-refractivity contribution in [1.29, 1.82) is 10.5 Å². The Balaban J connectivity index is 0.000000288. The normalized spacial score (nSPS) is 10.9. The number of aromatic nitrogens is 6. The van der Waals surface area contributed by atoms with Crippen LogP contribution in [0.4, 0.5) is 11.6 Å². The fourth-order valence-electron chi connectivity index (χ4n) is 7.51. The van der Waals surface area contributed by atoms with Gasteiger partial charge in [0.05, 0.1) is 25.2 Å². The van der Waals surface area contributed by atoms with E-state index in [-0.39, 0.29) is 77.8 Å². The van der Waals surface area contributed by atoms with E-state index < -0.39 is 34.1 Å². The van der Waals surface area contributed by atoms with Crippen molar-refractivity contribution in [1.82, 2.24) is 29.1 Å². The lowest BCUT2D eigenvalue weighted by Gasteiger charge is -2.18. The Hall–Kier alpha value is -7.60. The fraction of sp³-hybridized carbons (Fsp3) is 0.250. The molecule has 19 heteroatoms. The number of nitrogens with two attached hydrogens (primary N) is 2. The van der Waals surface area contributed by atoms with Crippen molar-refractivity contribution >= 4 is 60.9 Å². The molecule has 0 aliphatic rings. The third-order valence-corrected chi connectivity index (χ3v) is 10.5. The highest BCUT2D eigenvalue weighted by Gasteiger charge is 2.27. The molecule has 0 saturated heterocycles. The lowest BCUT2D eigenvalue weighted by atomic mass is 9.94. The molecule has 16 nitrogen and oxygen atoms in total. The second kappa shape index (κ2) is 22.5. The molecule has 67 heavy (non-hydrogen) atoms. The summed E-state index contributed by atoms with van der Waals surface area (Å²) in [7, 11) is 0. The topological polar surface area (TPSA) is 269 Å². The van der Waals surface area contributed by atoms with Crippen LogP contribution < -0.4 is 34.0 Å². The van der Waals surface area contributed by atoms with E-state index in [2.05, 4.69) is 26.0 Å².